The number of hydrogen-bond acceptors (Lipinski definition) is 6. The topological polar surface area (TPSA) is 89.1 Å². The summed E-state index contributed by atoms with van der Waals surface area (Å²) in [4.78, 5) is 15.3. The van der Waals surface area contributed by atoms with Crippen LogP contribution < -0.4 is 5.32 Å². The lowest BCUT2D eigenvalue weighted by Crippen LogP contribution is -2.33. The molecule has 0 fully saturated rings. The Bertz CT molecular complexity index is 1050. The predicted molar refractivity (Wildman–Crippen MR) is 130 cm³/mol. The maximum atomic E-state index is 12.9. The first kappa shape index (κ1) is 24.6. The van der Waals surface area contributed by atoms with Crippen LogP contribution in [0.25, 0.3) is 17.3 Å². The molecule has 0 aliphatic carbocycles. The fourth-order valence-corrected chi connectivity index (χ4v) is 3.84. The van der Waals surface area contributed by atoms with E-state index in [0.29, 0.717) is 23.0 Å². The Morgan fingerprint density at radius 3 is 2.55 bits per heavy atom. The molecule has 0 aliphatic heterocycles. The highest BCUT2D eigenvalue weighted by atomic mass is 16.4. The molecule has 0 saturated carbocycles. The number of carbonyl (C=O) groups excluding carboxylic acids is 1. The number of benzene rings is 1. The lowest BCUT2D eigenvalue weighted by molar-refractivity contribution is 0.0937. The van der Waals surface area contributed by atoms with Crippen molar-refractivity contribution in [3.63, 3.8) is 0 Å². The van der Waals surface area contributed by atoms with Crippen molar-refractivity contribution in [1.29, 1.82) is 0 Å². The normalized spacial score (nSPS) is 12.5. The zero-order valence-electron chi connectivity index (χ0n) is 20.6. The molecule has 1 aromatic carbocycles. The first-order valence-electron chi connectivity index (χ1n) is 11.9. The summed E-state index contributed by atoms with van der Waals surface area (Å²) in [5.41, 5.74) is 3.06. The highest BCUT2D eigenvalue weighted by Gasteiger charge is 2.18. The van der Waals surface area contributed by atoms with Crippen LogP contribution >= 0.6 is 0 Å². The van der Waals surface area contributed by atoms with Crippen LogP contribution in [-0.4, -0.2) is 56.5 Å². The fourth-order valence-electron chi connectivity index (χ4n) is 3.84. The molecule has 33 heavy (non-hydrogen) atoms. The average Bonchev–Trinajstić information content (AvgIpc) is 3.43. The Morgan fingerprint density at radius 2 is 1.91 bits per heavy atom. The van der Waals surface area contributed by atoms with Gasteiger partial charge in [-0.3, -0.25) is 4.79 Å². The molecule has 0 aliphatic rings. The van der Waals surface area contributed by atoms with Crippen molar-refractivity contribution in [3.8, 4) is 17.3 Å². The zero-order chi connectivity index (χ0) is 24.0. The highest BCUT2D eigenvalue weighted by molar-refractivity contribution is 5.94. The minimum atomic E-state index is -0.0711. The second kappa shape index (κ2) is 11.2. The van der Waals surface area contributed by atoms with E-state index in [1.54, 1.807) is 6.92 Å². The van der Waals surface area contributed by atoms with Crippen molar-refractivity contribution in [2.75, 3.05) is 19.6 Å². The molecule has 8 nitrogen and oxygen atoms in total. The average molecular weight is 453 g/mol. The number of amides is 1. The van der Waals surface area contributed by atoms with E-state index in [1.807, 2.05) is 35.0 Å². The van der Waals surface area contributed by atoms with Crippen LogP contribution in [0.15, 0.2) is 34.7 Å². The van der Waals surface area contributed by atoms with Crippen LogP contribution in [0.1, 0.15) is 75.3 Å². The monoisotopic (exact) mass is 452 g/mol. The Balaban J connectivity index is 1.74. The standard InChI is InChI=1S/C25H36N6O2/c1-7-30(8-2)14-10-11-18(5)26-24(32)20-12-9-13-21(15-20)31-23(17(3)4)16-22(29-31)25-28-27-19(6)33-25/h9,12-13,15-18H,7-8,10-11,14H2,1-6H3,(H,26,32). The molecule has 1 atom stereocenters. The van der Waals surface area contributed by atoms with Gasteiger partial charge < -0.3 is 14.6 Å². The van der Waals surface area contributed by atoms with Crippen molar-refractivity contribution < 1.29 is 9.21 Å². The van der Waals surface area contributed by atoms with E-state index < -0.39 is 0 Å². The summed E-state index contributed by atoms with van der Waals surface area (Å²) in [5, 5.41) is 15.8. The summed E-state index contributed by atoms with van der Waals surface area (Å²) in [6, 6.07) is 9.62. The number of rotatable bonds is 11. The van der Waals surface area contributed by atoms with Gasteiger partial charge in [0.25, 0.3) is 11.8 Å². The second-order valence-corrected chi connectivity index (χ2v) is 8.74. The fraction of sp³-hybridized carbons (Fsp3) is 0.520. The summed E-state index contributed by atoms with van der Waals surface area (Å²) < 4.78 is 7.41. The molecule has 0 bridgehead atoms. The smallest absolute Gasteiger partial charge is 0.268 e. The van der Waals surface area contributed by atoms with Gasteiger partial charge in [-0.15, -0.1) is 10.2 Å². The lowest BCUT2D eigenvalue weighted by Gasteiger charge is -2.20. The maximum absolute atomic E-state index is 12.9. The molecule has 3 rings (SSSR count). The molecule has 8 heteroatoms. The number of nitrogens with one attached hydrogen (secondary N) is 1. The van der Waals surface area contributed by atoms with E-state index in [0.717, 1.165) is 43.9 Å². The Labute approximate surface area is 196 Å². The molecular weight excluding hydrogens is 416 g/mol. The first-order valence-corrected chi connectivity index (χ1v) is 11.9. The molecule has 0 spiro atoms. The largest absolute Gasteiger partial charge is 0.420 e. The molecule has 2 aromatic heterocycles. The Morgan fingerprint density at radius 1 is 1.15 bits per heavy atom. The van der Waals surface area contributed by atoms with E-state index in [4.69, 9.17) is 9.52 Å². The van der Waals surface area contributed by atoms with Crippen LogP contribution in [0.2, 0.25) is 0 Å². The number of hydrogen-bond donors (Lipinski definition) is 1. The van der Waals surface area contributed by atoms with Gasteiger partial charge in [-0.25, -0.2) is 4.68 Å². The lowest BCUT2D eigenvalue weighted by atomic mass is 10.1. The van der Waals surface area contributed by atoms with Gasteiger partial charge in [-0.05, 0) is 69.6 Å². The summed E-state index contributed by atoms with van der Waals surface area (Å²) in [7, 11) is 0. The van der Waals surface area contributed by atoms with Crippen molar-refractivity contribution in [2.24, 2.45) is 0 Å². The second-order valence-electron chi connectivity index (χ2n) is 8.74. The summed E-state index contributed by atoms with van der Waals surface area (Å²) in [6.07, 6.45) is 2.01. The maximum Gasteiger partial charge on any atom is 0.268 e. The molecule has 0 saturated heterocycles. The van der Waals surface area contributed by atoms with Gasteiger partial charge in [0.1, 0.15) is 5.69 Å². The van der Waals surface area contributed by atoms with Gasteiger partial charge in [0.15, 0.2) is 0 Å². The quantitative estimate of drug-likeness (QED) is 0.458. The highest BCUT2D eigenvalue weighted by Crippen LogP contribution is 2.26. The van der Waals surface area contributed by atoms with Crippen molar-refractivity contribution >= 4 is 5.91 Å². The van der Waals surface area contributed by atoms with E-state index >= 15 is 0 Å². The van der Waals surface area contributed by atoms with Crippen LogP contribution in [0.3, 0.4) is 0 Å². The predicted octanol–water partition coefficient (Wildman–Crippen LogP) is 4.59. The molecular formula is C25H36N6O2. The third kappa shape index (κ3) is 6.28. The third-order valence-corrected chi connectivity index (χ3v) is 5.81. The van der Waals surface area contributed by atoms with Gasteiger partial charge in [-0.2, -0.15) is 5.10 Å². The SMILES string of the molecule is CCN(CC)CCCC(C)NC(=O)c1cccc(-n2nc(-c3nnc(C)o3)cc2C(C)C)c1. The van der Waals surface area contributed by atoms with Gasteiger partial charge in [0, 0.05) is 24.2 Å². The number of aromatic nitrogens is 4. The van der Waals surface area contributed by atoms with E-state index in [9.17, 15) is 4.79 Å². The summed E-state index contributed by atoms with van der Waals surface area (Å²) >= 11 is 0. The Kier molecular flexibility index (Phi) is 8.38. The van der Waals surface area contributed by atoms with Gasteiger partial charge >= 0.3 is 0 Å². The van der Waals surface area contributed by atoms with Crippen LogP contribution in [0.4, 0.5) is 0 Å². The van der Waals surface area contributed by atoms with Crippen LogP contribution in [0, 0.1) is 6.92 Å². The molecule has 1 N–H and O–H groups in total. The van der Waals surface area contributed by atoms with E-state index in [1.165, 1.54) is 0 Å². The molecule has 1 unspecified atom stereocenters. The van der Waals surface area contributed by atoms with E-state index in [2.05, 4.69) is 55.0 Å². The van der Waals surface area contributed by atoms with Gasteiger partial charge in [0.05, 0.1) is 5.69 Å². The van der Waals surface area contributed by atoms with Gasteiger partial charge in [0.2, 0.25) is 5.89 Å². The molecule has 2 heterocycles. The number of carbonyl (C=O) groups is 1. The molecule has 0 radical (unpaired) electrons. The number of nitrogens with zero attached hydrogens (tertiary/aromatic N) is 5. The van der Waals surface area contributed by atoms with Crippen LogP contribution in [0.5, 0.6) is 0 Å². The first-order chi connectivity index (χ1) is 15.8. The third-order valence-electron chi connectivity index (χ3n) is 5.81. The minimum Gasteiger partial charge on any atom is -0.420 e. The van der Waals surface area contributed by atoms with Crippen LogP contribution in [-0.2, 0) is 0 Å². The molecule has 1 amide bonds. The zero-order valence-corrected chi connectivity index (χ0v) is 20.6. The summed E-state index contributed by atoms with van der Waals surface area (Å²) in [5.74, 6) is 1.04. The molecule has 3 aromatic rings. The van der Waals surface area contributed by atoms with E-state index in [-0.39, 0.29) is 17.9 Å². The summed E-state index contributed by atoms with van der Waals surface area (Å²) in [6.45, 7) is 15.6. The molecule has 178 valence electrons. The number of aryl methyl sites for hydroxylation is 1. The van der Waals surface area contributed by atoms with Crippen molar-refractivity contribution in [3.05, 3.63) is 47.5 Å². The van der Waals surface area contributed by atoms with Crippen molar-refractivity contribution in [2.45, 2.75) is 66.3 Å². The van der Waals surface area contributed by atoms with Gasteiger partial charge in [-0.1, -0.05) is 33.8 Å². The minimum absolute atomic E-state index is 0.0711. The Hall–Kier alpha value is -3.00. The van der Waals surface area contributed by atoms with Crippen molar-refractivity contribution in [1.82, 2.24) is 30.2 Å².